The van der Waals surface area contributed by atoms with Gasteiger partial charge in [-0.1, -0.05) is 50.0 Å². The number of benzene rings is 2. The molecular formula is C21H24O4Si. The third kappa shape index (κ3) is 3.32. The minimum absolute atomic E-state index is 0.361. The van der Waals surface area contributed by atoms with Crippen molar-refractivity contribution in [3.05, 3.63) is 64.9 Å². The number of hydrogen-bond donors (Lipinski definition) is 0. The summed E-state index contributed by atoms with van der Waals surface area (Å²) >= 11 is 0. The maximum Gasteiger partial charge on any atom is 0.308 e. The lowest BCUT2D eigenvalue weighted by Gasteiger charge is -2.43. The number of rotatable bonds is 4. The second-order valence-corrected chi connectivity index (χ2v) is 12.4. The smallest absolute Gasteiger partial charge is 0.308 e. The monoisotopic (exact) mass is 368 g/mol. The molecule has 26 heavy (non-hydrogen) atoms. The van der Waals surface area contributed by atoms with Crippen LogP contribution in [0, 0.1) is 0 Å². The van der Waals surface area contributed by atoms with Gasteiger partial charge >= 0.3 is 5.97 Å². The average molecular weight is 369 g/mol. The predicted octanol–water partition coefficient (Wildman–Crippen LogP) is 4.76. The van der Waals surface area contributed by atoms with Crippen LogP contribution in [-0.2, 0) is 15.3 Å². The van der Waals surface area contributed by atoms with Crippen LogP contribution < -0.4 is 9.47 Å². The summed E-state index contributed by atoms with van der Waals surface area (Å²) in [7, 11) is -0.110. The number of fused-ring (bicyclic) bond motifs is 1. The Labute approximate surface area is 155 Å². The summed E-state index contributed by atoms with van der Waals surface area (Å²) in [6.45, 7) is 8.21. The Morgan fingerprint density at radius 3 is 2.35 bits per heavy atom. The molecule has 2 aromatic rings. The van der Waals surface area contributed by atoms with E-state index in [1.54, 1.807) is 19.2 Å². The summed E-state index contributed by atoms with van der Waals surface area (Å²) in [5, 5.41) is 1.16. The van der Waals surface area contributed by atoms with Crippen LogP contribution in [-0.4, -0.2) is 21.2 Å². The molecule has 2 aromatic carbocycles. The summed E-state index contributed by atoms with van der Waals surface area (Å²) < 4.78 is 17.7. The molecule has 136 valence electrons. The first-order chi connectivity index (χ1) is 12.3. The summed E-state index contributed by atoms with van der Waals surface area (Å²) in [5.41, 5.74) is 1.90. The predicted molar refractivity (Wildman–Crippen MR) is 105 cm³/mol. The Morgan fingerprint density at radius 1 is 1.08 bits per heavy atom. The van der Waals surface area contributed by atoms with E-state index in [0.717, 1.165) is 16.3 Å². The Kier molecular flexibility index (Phi) is 4.77. The minimum atomic E-state index is -1.78. The number of hydrogen-bond acceptors (Lipinski definition) is 4. The standard InChI is InChI=1S/C21H24O4Si/c1-15(22)24-18-12-11-16-13-20(26(3,4)5)21(23-2,25-19(16)14-18)17-9-7-6-8-10-17/h6-14H,1-5H3. The summed E-state index contributed by atoms with van der Waals surface area (Å²) in [6, 6.07) is 15.4. The zero-order chi connectivity index (χ0) is 18.9. The zero-order valence-electron chi connectivity index (χ0n) is 15.8. The summed E-state index contributed by atoms with van der Waals surface area (Å²) in [5.74, 6) is -0.246. The van der Waals surface area contributed by atoms with Crippen molar-refractivity contribution < 1.29 is 19.0 Å². The molecule has 1 aliphatic rings. The molecule has 0 saturated carbocycles. The van der Waals surface area contributed by atoms with Gasteiger partial charge in [0.2, 0.25) is 0 Å². The highest BCUT2D eigenvalue weighted by atomic mass is 28.3. The van der Waals surface area contributed by atoms with E-state index in [4.69, 9.17) is 14.2 Å². The highest BCUT2D eigenvalue weighted by molar-refractivity contribution is 6.84. The lowest BCUT2D eigenvalue weighted by atomic mass is 10.00. The van der Waals surface area contributed by atoms with Crippen molar-refractivity contribution in [2.75, 3.05) is 7.11 Å². The molecule has 0 bridgehead atoms. The van der Waals surface area contributed by atoms with E-state index in [2.05, 4.69) is 25.7 Å². The number of carbonyl (C=O) groups excluding carboxylic acids is 1. The second kappa shape index (κ2) is 6.74. The molecule has 1 heterocycles. The zero-order valence-corrected chi connectivity index (χ0v) is 16.8. The molecule has 4 nitrogen and oxygen atoms in total. The van der Waals surface area contributed by atoms with Crippen molar-refractivity contribution in [1.82, 2.24) is 0 Å². The molecule has 0 aliphatic carbocycles. The van der Waals surface area contributed by atoms with Crippen LogP contribution in [0.3, 0.4) is 0 Å². The molecule has 0 spiro atoms. The number of esters is 1. The Hall–Kier alpha value is -2.37. The normalized spacial score (nSPS) is 19.2. The van der Waals surface area contributed by atoms with Crippen LogP contribution in [0.4, 0.5) is 0 Å². The van der Waals surface area contributed by atoms with Gasteiger partial charge in [0, 0.05) is 31.2 Å². The average Bonchev–Trinajstić information content (AvgIpc) is 2.60. The van der Waals surface area contributed by atoms with E-state index < -0.39 is 13.9 Å². The fourth-order valence-electron chi connectivity index (χ4n) is 3.26. The fourth-order valence-corrected chi connectivity index (χ4v) is 5.14. The van der Waals surface area contributed by atoms with Gasteiger partial charge in [0.15, 0.2) is 0 Å². The van der Waals surface area contributed by atoms with E-state index in [-0.39, 0.29) is 5.97 Å². The van der Waals surface area contributed by atoms with Crippen molar-refractivity contribution in [3.8, 4) is 11.5 Å². The van der Waals surface area contributed by atoms with Gasteiger partial charge in [0.1, 0.15) is 11.5 Å². The van der Waals surface area contributed by atoms with Crippen molar-refractivity contribution in [2.45, 2.75) is 32.4 Å². The molecule has 1 atom stereocenters. The van der Waals surface area contributed by atoms with Gasteiger partial charge < -0.3 is 14.2 Å². The van der Waals surface area contributed by atoms with Gasteiger partial charge in [-0.25, -0.2) is 0 Å². The number of ether oxygens (including phenoxy) is 3. The summed E-state index contributed by atoms with van der Waals surface area (Å²) in [4.78, 5) is 11.3. The Bertz CT molecular complexity index is 852. The van der Waals surface area contributed by atoms with Crippen molar-refractivity contribution in [3.63, 3.8) is 0 Å². The first-order valence-electron chi connectivity index (χ1n) is 8.61. The Balaban J connectivity index is 2.19. The van der Waals surface area contributed by atoms with Gasteiger partial charge in [-0.05, 0) is 23.4 Å². The molecule has 3 rings (SSSR count). The molecule has 0 radical (unpaired) electrons. The molecule has 1 unspecified atom stereocenters. The van der Waals surface area contributed by atoms with Crippen LogP contribution in [0.15, 0.2) is 53.7 Å². The van der Waals surface area contributed by atoms with Gasteiger partial charge in [-0.15, -0.1) is 0 Å². The molecular weight excluding hydrogens is 344 g/mol. The lowest BCUT2D eigenvalue weighted by molar-refractivity contribution is -0.138. The molecule has 0 amide bonds. The second-order valence-electron chi connectivity index (χ2n) is 7.39. The molecule has 1 aliphatic heterocycles. The van der Waals surface area contributed by atoms with Gasteiger partial charge in [-0.3, -0.25) is 4.79 Å². The molecule has 0 fully saturated rings. The van der Waals surface area contributed by atoms with Crippen LogP contribution in [0.1, 0.15) is 18.1 Å². The van der Waals surface area contributed by atoms with Crippen LogP contribution in [0.2, 0.25) is 19.6 Å². The van der Waals surface area contributed by atoms with Crippen molar-refractivity contribution in [2.24, 2.45) is 0 Å². The van der Waals surface area contributed by atoms with Crippen LogP contribution >= 0.6 is 0 Å². The topological polar surface area (TPSA) is 44.8 Å². The minimum Gasteiger partial charge on any atom is -0.454 e. The molecule has 0 aromatic heterocycles. The highest BCUT2D eigenvalue weighted by Gasteiger charge is 2.47. The summed E-state index contributed by atoms with van der Waals surface area (Å²) in [6.07, 6.45) is 2.17. The van der Waals surface area contributed by atoms with E-state index in [0.29, 0.717) is 11.5 Å². The van der Waals surface area contributed by atoms with E-state index in [1.807, 2.05) is 36.4 Å². The van der Waals surface area contributed by atoms with Gasteiger partial charge in [0.25, 0.3) is 5.79 Å². The molecule has 5 heteroatoms. The number of methoxy groups -OCH3 is 1. The van der Waals surface area contributed by atoms with Crippen molar-refractivity contribution in [1.29, 1.82) is 0 Å². The quantitative estimate of drug-likeness (QED) is 0.443. The number of carbonyl (C=O) groups is 1. The highest BCUT2D eigenvalue weighted by Crippen LogP contribution is 2.46. The van der Waals surface area contributed by atoms with Gasteiger partial charge in [-0.2, -0.15) is 0 Å². The van der Waals surface area contributed by atoms with Crippen LogP contribution in [0.25, 0.3) is 6.08 Å². The Morgan fingerprint density at radius 2 is 1.77 bits per heavy atom. The maximum absolute atomic E-state index is 11.3. The first-order valence-corrected chi connectivity index (χ1v) is 12.1. The van der Waals surface area contributed by atoms with E-state index >= 15 is 0 Å². The van der Waals surface area contributed by atoms with E-state index in [1.165, 1.54) is 6.92 Å². The SMILES string of the molecule is COC1(c2ccccc2)Oc2cc(OC(C)=O)ccc2C=C1[Si](C)(C)C. The largest absolute Gasteiger partial charge is 0.454 e. The maximum atomic E-state index is 11.3. The molecule has 0 saturated heterocycles. The van der Waals surface area contributed by atoms with Crippen LogP contribution in [0.5, 0.6) is 11.5 Å². The van der Waals surface area contributed by atoms with Gasteiger partial charge in [0.05, 0.1) is 8.07 Å². The lowest BCUT2D eigenvalue weighted by Crippen LogP contribution is -2.47. The first kappa shape index (κ1) is 18.4. The third-order valence-corrected chi connectivity index (χ3v) is 6.49. The fraction of sp³-hybridized carbons (Fsp3) is 0.286. The molecule has 0 N–H and O–H groups in total. The third-order valence-electron chi connectivity index (χ3n) is 4.40. The van der Waals surface area contributed by atoms with E-state index in [9.17, 15) is 4.79 Å². The van der Waals surface area contributed by atoms with Crippen molar-refractivity contribution >= 4 is 20.1 Å².